The van der Waals surface area contributed by atoms with Crippen molar-refractivity contribution in [3.8, 4) is 11.5 Å². The van der Waals surface area contributed by atoms with Crippen LogP contribution in [0.25, 0.3) is 0 Å². The van der Waals surface area contributed by atoms with Gasteiger partial charge >= 0.3 is 5.97 Å². The Bertz CT molecular complexity index is 1090. The Morgan fingerprint density at radius 3 is 2.14 bits per heavy atom. The zero-order valence-electron chi connectivity index (χ0n) is 19.6. The van der Waals surface area contributed by atoms with E-state index in [0.717, 1.165) is 5.56 Å². The Hall–Kier alpha value is -4.14. The number of benzene rings is 2. The molecule has 0 radical (unpaired) electrons. The predicted octanol–water partition coefficient (Wildman–Crippen LogP) is 2.71. The van der Waals surface area contributed by atoms with Gasteiger partial charge in [0.05, 0.1) is 0 Å². The van der Waals surface area contributed by atoms with Crippen molar-refractivity contribution in [1.29, 1.82) is 0 Å². The molecule has 35 heavy (non-hydrogen) atoms. The second-order valence-corrected chi connectivity index (χ2v) is 8.03. The lowest BCUT2D eigenvalue weighted by Gasteiger charge is -2.35. The van der Waals surface area contributed by atoms with Crippen LogP contribution < -0.4 is 14.4 Å². The molecule has 4 rings (SSSR count). The van der Waals surface area contributed by atoms with Gasteiger partial charge in [-0.15, -0.1) is 0 Å². The first-order valence-electron chi connectivity index (χ1n) is 11.5. The summed E-state index contributed by atoms with van der Waals surface area (Å²) in [5, 5.41) is 0. The van der Waals surface area contributed by atoms with Gasteiger partial charge in [-0.05, 0) is 42.8 Å². The van der Waals surface area contributed by atoms with E-state index >= 15 is 0 Å². The van der Waals surface area contributed by atoms with Crippen LogP contribution in [0.5, 0.6) is 11.5 Å². The zero-order chi connectivity index (χ0) is 24.5. The van der Waals surface area contributed by atoms with Crippen LogP contribution in [0.4, 0.5) is 5.95 Å². The van der Waals surface area contributed by atoms with Gasteiger partial charge in [0, 0.05) is 38.6 Å². The van der Waals surface area contributed by atoms with E-state index in [0.29, 0.717) is 50.2 Å². The van der Waals surface area contributed by atoms with Crippen LogP contribution >= 0.6 is 0 Å². The van der Waals surface area contributed by atoms with Crippen LogP contribution in [0.3, 0.4) is 0 Å². The molecule has 1 fully saturated rings. The van der Waals surface area contributed by atoms with E-state index in [9.17, 15) is 9.59 Å². The number of ether oxygens (including phenoxy) is 3. The molecule has 1 unspecified atom stereocenters. The van der Waals surface area contributed by atoms with Gasteiger partial charge in [-0.2, -0.15) is 0 Å². The maximum atomic E-state index is 12.7. The molecule has 1 aliphatic rings. The molecule has 9 heteroatoms. The van der Waals surface area contributed by atoms with E-state index in [1.165, 1.54) is 0 Å². The fourth-order valence-corrected chi connectivity index (χ4v) is 3.64. The van der Waals surface area contributed by atoms with Crippen LogP contribution in [-0.4, -0.2) is 65.6 Å². The standard InChI is InChI=1S/C26H28N4O5/c1-20(25(32)29-14-16-30(17-15-29)26-27-12-5-13-28-26)35-24(31)19-34-23-10-8-22(9-11-23)33-18-21-6-3-2-4-7-21/h2-13,20H,14-19H2,1H3. The summed E-state index contributed by atoms with van der Waals surface area (Å²) >= 11 is 0. The summed E-state index contributed by atoms with van der Waals surface area (Å²) in [7, 11) is 0. The summed E-state index contributed by atoms with van der Waals surface area (Å²) in [4.78, 5) is 37.1. The molecule has 1 aliphatic heterocycles. The third-order valence-electron chi connectivity index (χ3n) is 5.51. The van der Waals surface area contributed by atoms with Crippen molar-refractivity contribution in [1.82, 2.24) is 14.9 Å². The van der Waals surface area contributed by atoms with E-state index in [-0.39, 0.29) is 12.5 Å². The summed E-state index contributed by atoms with van der Waals surface area (Å²) in [5.74, 6) is 1.01. The lowest BCUT2D eigenvalue weighted by atomic mass is 10.2. The van der Waals surface area contributed by atoms with Gasteiger partial charge < -0.3 is 24.0 Å². The van der Waals surface area contributed by atoms with Crippen LogP contribution in [0.1, 0.15) is 12.5 Å². The highest BCUT2D eigenvalue weighted by Gasteiger charge is 2.28. The fraction of sp³-hybridized carbons (Fsp3) is 0.308. The smallest absolute Gasteiger partial charge is 0.344 e. The van der Waals surface area contributed by atoms with Gasteiger partial charge in [-0.3, -0.25) is 4.79 Å². The molecule has 0 spiro atoms. The average Bonchev–Trinajstić information content (AvgIpc) is 2.92. The zero-order valence-corrected chi connectivity index (χ0v) is 19.6. The number of aromatic nitrogens is 2. The minimum Gasteiger partial charge on any atom is -0.489 e. The summed E-state index contributed by atoms with van der Waals surface area (Å²) in [5.41, 5.74) is 1.08. The largest absolute Gasteiger partial charge is 0.489 e. The van der Waals surface area contributed by atoms with E-state index in [1.807, 2.05) is 35.2 Å². The number of esters is 1. The molecule has 0 saturated carbocycles. The van der Waals surface area contributed by atoms with E-state index in [2.05, 4.69) is 9.97 Å². The molecular formula is C26H28N4O5. The Morgan fingerprint density at radius 2 is 1.49 bits per heavy atom. The molecule has 2 aromatic carbocycles. The van der Waals surface area contributed by atoms with Gasteiger partial charge in [0.1, 0.15) is 18.1 Å². The van der Waals surface area contributed by atoms with E-state index in [1.54, 1.807) is 54.5 Å². The summed E-state index contributed by atoms with van der Waals surface area (Å²) in [6, 6.07) is 18.6. The lowest BCUT2D eigenvalue weighted by Crippen LogP contribution is -2.52. The predicted molar refractivity (Wildman–Crippen MR) is 129 cm³/mol. The number of anilines is 1. The second kappa shape index (κ2) is 11.8. The van der Waals surface area contributed by atoms with Crippen molar-refractivity contribution >= 4 is 17.8 Å². The van der Waals surface area contributed by atoms with Crippen molar-refractivity contribution in [3.63, 3.8) is 0 Å². The molecule has 1 amide bonds. The van der Waals surface area contributed by atoms with Crippen LogP contribution in [0, 0.1) is 0 Å². The summed E-state index contributed by atoms with van der Waals surface area (Å²) < 4.78 is 16.5. The first-order chi connectivity index (χ1) is 17.1. The Morgan fingerprint density at radius 1 is 0.857 bits per heavy atom. The van der Waals surface area contributed by atoms with Crippen molar-refractivity contribution in [2.75, 3.05) is 37.7 Å². The summed E-state index contributed by atoms with van der Waals surface area (Å²) in [6.07, 6.45) is 2.49. The molecule has 0 N–H and O–H groups in total. The SMILES string of the molecule is CC(OC(=O)COc1ccc(OCc2ccccc2)cc1)C(=O)N1CCN(c2ncccn2)CC1. The molecule has 1 atom stereocenters. The number of nitrogens with zero attached hydrogens (tertiary/aromatic N) is 4. The third kappa shape index (κ3) is 6.92. The molecule has 1 aromatic heterocycles. The Kier molecular flexibility index (Phi) is 8.11. The lowest BCUT2D eigenvalue weighted by molar-refractivity contribution is -0.160. The highest BCUT2D eigenvalue weighted by molar-refractivity contribution is 5.84. The number of piperazine rings is 1. The van der Waals surface area contributed by atoms with E-state index < -0.39 is 12.1 Å². The van der Waals surface area contributed by atoms with Crippen molar-refractivity contribution in [3.05, 3.63) is 78.6 Å². The molecular weight excluding hydrogens is 448 g/mol. The first-order valence-corrected chi connectivity index (χ1v) is 11.5. The number of amides is 1. The van der Waals surface area contributed by atoms with Gasteiger partial charge in [0.2, 0.25) is 5.95 Å². The second-order valence-electron chi connectivity index (χ2n) is 8.03. The monoisotopic (exact) mass is 476 g/mol. The Balaban J connectivity index is 1.17. The summed E-state index contributed by atoms with van der Waals surface area (Å²) in [6.45, 7) is 4.00. The molecule has 2 heterocycles. The molecule has 0 aliphatic carbocycles. The minimum absolute atomic E-state index is 0.230. The van der Waals surface area contributed by atoms with Gasteiger partial charge in [0.25, 0.3) is 5.91 Å². The van der Waals surface area contributed by atoms with Crippen LogP contribution in [0.15, 0.2) is 73.1 Å². The number of hydrogen-bond acceptors (Lipinski definition) is 8. The fourth-order valence-electron chi connectivity index (χ4n) is 3.64. The van der Waals surface area contributed by atoms with Crippen LogP contribution in [-0.2, 0) is 20.9 Å². The normalized spacial score (nSPS) is 14.2. The van der Waals surface area contributed by atoms with Crippen molar-refractivity contribution in [2.45, 2.75) is 19.6 Å². The topological polar surface area (TPSA) is 94.1 Å². The molecule has 1 saturated heterocycles. The molecule has 3 aromatic rings. The Labute approximate surface area is 204 Å². The molecule has 0 bridgehead atoms. The highest BCUT2D eigenvalue weighted by atomic mass is 16.6. The van der Waals surface area contributed by atoms with Crippen LogP contribution in [0.2, 0.25) is 0 Å². The average molecular weight is 477 g/mol. The maximum absolute atomic E-state index is 12.7. The number of carbonyl (C=O) groups excluding carboxylic acids is 2. The highest BCUT2D eigenvalue weighted by Crippen LogP contribution is 2.19. The van der Waals surface area contributed by atoms with Gasteiger partial charge in [0.15, 0.2) is 12.7 Å². The molecule has 9 nitrogen and oxygen atoms in total. The minimum atomic E-state index is -0.889. The van der Waals surface area contributed by atoms with Crippen molar-refractivity contribution in [2.24, 2.45) is 0 Å². The van der Waals surface area contributed by atoms with Crippen molar-refractivity contribution < 1.29 is 23.8 Å². The van der Waals surface area contributed by atoms with Gasteiger partial charge in [-0.25, -0.2) is 14.8 Å². The van der Waals surface area contributed by atoms with E-state index in [4.69, 9.17) is 14.2 Å². The number of carbonyl (C=O) groups is 2. The molecule has 182 valence electrons. The third-order valence-corrected chi connectivity index (χ3v) is 5.51. The number of rotatable bonds is 9. The van der Waals surface area contributed by atoms with Gasteiger partial charge in [-0.1, -0.05) is 30.3 Å². The first kappa shape index (κ1) is 24.0. The quantitative estimate of drug-likeness (QED) is 0.435. The number of hydrogen-bond donors (Lipinski definition) is 0. The maximum Gasteiger partial charge on any atom is 0.344 e.